The first-order valence-corrected chi connectivity index (χ1v) is 5.69. The van der Waals surface area contributed by atoms with Crippen molar-refractivity contribution in [1.82, 2.24) is 0 Å². The van der Waals surface area contributed by atoms with Crippen molar-refractivity contribution in [3.05, 3.63) is 34.9 Å². The molecule has 0 amide bonds. The highest BCUT2D eigenvalue weighted by atomic mass is 19.1. The van der Waals surface area contributed by atoms with Crippen LogP contribution in [0.15, 0.2) is 12.1 Å². The first kappa shape index (κ1) is 13.8. The maximum Gasteiger partial charge on any atom is 0.165 e. The molecule has 3 heteroatoms. The molecule has 0 heterocycles. The second-order valence-corrected chi connectivity index (χ2v) is 5.57. The molecule has 0 N–H and O–H groups in total. The lowest BCUT2D eigenvalue weighted by Crippen LogP contribution is -2.10. The largest absolute Gasteiger partial charge is 0.294 e. The Hall–Kier alpha value is -1.25. The fourth-order valence-electron chi connectivity index (χ4n) is 1.49. The number of hydrogen-bond donors (Lipinski definition) is 0. The zero-order valence-corrected chi connectivity index (χ0v) is 10.7. The molecule has 0 spiro atoms. The molecule has 1 rings (SSSR count). The highest BCUT2D eigenvalue weighted by Gasteiger charge is 2.17. The van der Waals surface area contributed by atoms with Crippen LogP contribution < -0.4 is 0 Å². The number of ketones is 1. The van der Waals surface area contributed by atoms with Crippen molar-refractivity contribution in [2.45, 2.75) is 40.5 Å². The van der Waals surface area contributed by atoms with Gasteiger partial charge in [0.2, 0.25) is 0 Å². The minimum Gasteiger partial charge on any atom is -0.294 e. The van der Waals surface area contributed by atoms with Gasteiger partial charge in [-0.3, -0.25) is 4.79 Å². The van der Waals surface area contributed by atoms with Gasteiger partial charge in [-0.15, -0.1) is 0 Å². The third-order valence-corrected chi connectivity index (χ3v) is 2.65. The van der Waals surface area contributed by atoms with Gasteiger partial charge in [0.25, 0.3) is 0 Å². The van der Waals surface area contributed by atoms with E-state index in [4.69, 9.17) is 0 Å². The summed E-state index contributed by atoms with van der Waals surface area (Å²) in [7, 11) is 0. The minimum absolute atomic E-state index is 0.00634. The third-order valence-electron chi connectivity index (χ3n) is 2.65. The molecular weight excluding hydrogens is 222 g/mol. The Morgan fingerprint density at radius 2 is 1.76 bits per heavy atom. The number of Topliss-reactive ketones (excluding diaryl/α,β-unsaturated/α-hetero) is 1. The van der Waals surface area contributed by atoms with E-state index < -0.39 is 11.6 Å². The normalized spacial score (nSPS) is 11.6. The Balaban J connectivity index is 2.86. The van der Waals surface area contributed by atoms with Gasteiger partial charge in [-0.25, -0.2) is 8.78 Å². The van der Waals surface area contributed by atoms with E-state index in [2.05, 4.69) is 0 Å². The average Bonchev–Trinajstić information content (AvgIpc) is 2.19. The summed E-state index contributed by atoms with van der Waals surface area (Å²) in [5.41, 5.74) is 0.319. The SMILES string of the molecule is Cc1cc(C(=O)CCC(C)(C)C)c(F)cc1F. The molecule has 0 aliphatic rings. The molecule has 1 aromatic rings. The van der Waals surface area contributed by atoms with E-state index in [1.54, 1.807) is 0 Å². The van der Waals surface area contributed by atoms with Crippen LogP contribution in [0.4, 0.5) is 8.78 Å². The van der Waals surface area contributed by atoms with E-state index in [0.717, 1.165) is 6.07 Å². The van der Waals surface area contributed by atoms with Gasteiger partial charge in [0, 0.05) is 12.5 Å². The van der Waals surface area contributed by atoms with Crippen LogP contribution in [0.1, 0.15) is 49.5 Å². The van der Waals surface area contributed by atoms with Crippen LogP contribution in [-0.2, 0) is 0 Å². The van der Waals surface area contributed by atoms with Gasteiger partial charge in [0.15, 0.2) is 5.78 Å². The van der Waals surface area contributed by atoms with Crippen molar-refractivity contribution in [1.29, 1.82) is 0 Å². The molecule has 0 saturated carbocycles. The fourth-order valence-corrected chi connectivity index (χ4v) is 1.49. The summed E-state index contributed by atoms with van der Waals surface area (Å²) >= 11 is 0. The first-order valence-electron chi connectivity index (χ1n) is 5.69. The Bertz CT molecular complexity index is 431. The number of aryl methyl sites for hydroxylation is 1. The molecule has 0 aliphatic heterocycles. The summed E-state index contributed by atoms with van der Waals surface area (Å²) in [6.07, 6.45) is 0.965. The summed E-state index contributed by atoms with van der Waals surface area (Å²) < 4.78 is 26.5. The monoisotopic (exact) mass is 240 g/mol. The Morgan fingerprint density at radius 1 is 1.18 bits per heavy atom. The molecule has 0 saturated heterocycles. The molecule has 0 aliphatic carbocycles. The first-order chi connectivity index (χ1) is 7.70. The lowest BCUT2D eigenvalue weighted by molar-refractivity contribution is 0.0962. The summed E-state index contributed by atoms with van der Waals surface area (Å²) in [5, 5.41) is 0. The van der Waals surface area contributed by atoms with Gasteiger partial charge in [0.05, 0.1) is 5.56 Å². The molecule has 17 heavy (non-hydrogen) atoms. The van der Waals surface area contributed by atoms with Crippen molar-refractivity contribution in [3.8, 4) is 0 Å². The molecule has 0 aromatic heterocycles. The van der Waals surface area contributed by atoms with E-state index in [-0.39, 0.29) is 23.2 Å². The van der Waals surface area contributed by atoms with E-state index in [9.17, 15) is 13.6 Å². The van der Waals surface area contributed by atoms with Crippen LogP contribution in [0.25, 0.3) is 0 Å². The van der Waals surface area contributed by atoms with Crippen LogP contribution in [0.2, 0.25) is 0 Å². The highest BCUT2D eigenvalue weighted by molar-refractivity contribution is 5.96. The van der Waals surface area contributed by atoms with E-state index in [1.165, 1.54) is 13.0 Å². The number of carbonyl (C=O) groups is 1. The second kappa shape index (κ2) is 4.94. The predicted octanol–water partition coefficient (Wildman–Crippen LogP) is 4.28. The number of rotatable bonds is 3. The van der Waals surface area contributed by atoms with Crippen LogP contribution >= 0.6 is 0 Å². The maximum absolute atomic E-state index is 13.4. The quantitative estimate of drug-likeness (QED) is 0.720. The lowest BCUT2D eigenvalue weighted by Gasteiger charge is -2.17. The Kier molecular flexibility index (Phi) is 4.02. The van der Waals surface area contributed by atoms with Gasteiger partial charge in [-0.2, -0.15) is 0 Å². The second-order valence-electron chi connectivity index (χ2n) is 5.57. The zero-order chi connectivity index (χ0) is 13.2. The van der Waals surface area contributed by atoms with Crippen LogP contribution in [0.5, 0.6) is 0 Å². The molecule has 94 valence electrons. The predicted molar refractivity (Wildman–Crippen MR) is 64.1 cm³/mol. The van der Waals surface area contributed by atoms with Crippen molar-refractivity contribution in [3.63, 3.8) is 0 Å². The summed E-state index contributed by atoms with van der Waals surface area (Å²) in [4.78, 5) is 11.8. The van der Waals surface area contributed by atoms with Gasteiger partial charge >= 0.3 is 0 Å². The molecule has 0 fully saturated rings. The number of benzene rings is 1. The standard InChI is InChI=1S/C14H18F2O/c1-9-7-10(12(16)8-11(9)15)13(17)5-6-14(2,3)4/h7-8H,5-6H2,1-4H3. The molecule has 0 atom stereocenters. The highest BCUT2D eigenvalue weighted by Crippen LogP contribution is 2.23. The third kappa shape index (κ3) is 3.91. The number of hydrogen-bond acceptors (Lipinski definition) is 1. The van der Waals surface area contributed by atoms with Crippen LogP contribution in [0.3, 0.4) is 0 Å². The van der Waals surface area contributed by atoms with Gasteiger partial charge in [-0.1, -0.05) is 20.8 Å². The zero-order valence-electron chi connectivity index (χ0n) is 10.7. The number of halogens is 2. The fraction of sp³-hybridized carbons (Fsp3) is 0.500. The van der Waals surface area contributed by atoms with E-state index >= 15 is 0 Å². The minimum atomic E-state index is -0.771. The topological polar surface area (TPSA) is 17.1 Å². The molecule has 0 radical (unpaired) electrons. The Morgan fingerprint density at radius 3 is 2.29 bits per heavy atom. The summed E-state index contributed by atoms with van der Waals surface area (Å²) in [5.74, 6) is -1.65. The summed E-state index contributed by atoms with van der Waals surface area (Å²) in [6.45, 7) is 7.58. The van der Waals surface area contributed by atoms with Crippen molar-refractivity contribution in [2.24, 2.45) is 5.41 Å². The van der Waals surface area contributed by atoms with E-state index in [1.807, 2.05) is 20.8 Å². The van der Waals surface area contributed by atoms with Crippen LogP contribution in [0, 0.1) is 24.0 Å². The van der Waals surface area contributed by atoms with Crippen molar-refractivity contribution >= 4 is 5.78 Å². The molecular formula is C14H18F2O. The molecule has 0 unspecified atom stereocenters. The van der Waals surface area contributed by atoms with Gasteiger partial charge in [-0.05, 0) is 30.4 Å². The number of carbonyl (C=O) groups excluding carboxylic acids is 1. The molecule has 1 aromatic carbocycles. The van der Waals surface area contributed by atoms with Crippen molar-refractivity contribution in [2.75, 3.05) is 0 Å². The van der Waals surface area contributed by atoms with Gasteiger partial charge in [0.1, 0.15) is 11.6 Å². The molecule has 1 nitrogen and oxygen atoms in total. The average molecular weight is 240 g/mol. The van der Waals surface area contributed by atoms with Gasteiger partial charge < -0.3 is 0 Å². The van der Waals surface area contributed by atoms with Crippen molar-refractivity contribution < 1.29 is 13.6 Å². The van der Waals surface area contributed by atoms with Crippen LogP contribution in [-0.4, -0.2) is 5.78 Å². The molecule has 0 bridgehead atoms. The van der Waals surface area contributed by atoms with E-state index in [0.29, 0.717) is 12.0 Å². The smallest absolute Gasteiger partial charge is 0.165 e. The summed E-state index contributed by atoms with van der Waals surface area (Å²) in [6, 6.07) is 2.06. The lowest BCUT2D eigenvalue weighted by atomic mass is 9.88. The maximum atomic E-state index is 13.4. The Labute approximate surface area is 101 Å².